The molecular formula is C24H36N4O4. The molecule has 8 nitrogen and oxygen atoms in total. The molecule has 176 valence electrons. The number of aromatic nitrogens is 2. The first-order chi connectivity index (χ1) is 15.5. The molecule has 8 heteroatoms. The van der Waals surface area contributed by atoms with Crippen LogP contribution in [0.25, 0.3) is 0 Å². The third-order valence-corrected chi connectivity index (χ3v) is 5.91. The van der Waals surface area contributed by atoms with Crippen LogP contribution in [-0.4, -0.2) is 54.0 Å². The number of carbonyl (C=O) groups is 1. The van der Waals surface area contributed by atoms with Crippen molar-refractivity contribution in [3.63, 3.8) is 0 Å². The molecule has 0 spiro atoms. The van der Waals surface area contributed by atoms with Crippen LogP contribution in [0.2, 0.25) is 0 Å². The monoisotopic (exact) mass is 444 g/mol. The first-order valence-corrected chi connectivity index (χ1v) is 11.7. The van der Waals surface area contributed by atoms with Gasteiger partial charge in [-0.05, 0) is 73.9 Å². The number of anilines is 1. The van der Waals surface area contributed by atoms with Crippen LogP contribution < -0.4 is 15.0 Å². The summed E-state index contributed by atoms with van der Waals surface area (Å²) >= 11 is 0. The summed E-state index contributed by atoms with van der Waals surface area (Å²) in [4.78, 5) is 18.9. The predicted molar refractivity (Wildman–Crippen MR) is 123 cm³/mol. The third-order valence-electron chi connectivity index (χ3n) is 5.91. The van der Waals surface area contributed by atoms with Crippen molar-refractivity contribution in [1.82, 2.24) is 15.5 Å². The molecule has 2 aromatic rings. The molecule has 2 heterocycles. The van der Waals surface area contributed by atoms with Crippen molar-refractivity contribution in [2.45, 2.75) is 58.8 Å². The second kappa shape index (κ2) is 11.9. The topological polar surface area (TPSA) is 101 Å². The molecule has 1 saturated heterocycles. The highest BCUT2D eigenvalue weighted by molar-refractivity contribution is 5.95. The maximum Gasteiger partial charge on any atom is 0.266 e. The number of aryl methyl sites for hydroxylation is 1. The Bertz CT molecular complexity index is 859. The fourth-order valence-electron chi connectivity index (χ4n) is 3.93. The van der Waals surface area contributed by atoms with Gasteiger partial charge < -0.3 is 24.6 Å². The van der Waals surface area contributed by atoms with E-state index in [-0.39, 0.29) is 18.4 Å². The Labute approximate surface area is 190 Å². The van der Waals surface area contributed by atoms with Crippen molar-refractivity contribution in [3.8, 4) is 5.75 Å². The number of benzene rings is 1. The number of piperidine rings is 1. The molecule has 1 fully saturated rings. The smallest absolute Gasteiger partial charge is 0.266 e. The van der Waals surface area contributed by atoms with E-state index < -0.39 is 0 Å². The Morgan fingerprint density at radius 1 is 1.31 bits per heavy atom. The van der Waals surface area contributed by atoms with Crippen LogP contribution in [0.4, 0.5) is 5.95 Å². The lowest BCUT2D eigenvalue weighted by molar-refractivity contribution is 0.0950. The second-order valence-electron chi connectivity index (χ2n) is 8.82. The van der Waals surface area contributed by atoms with E-state index in [2.05, 4.69) is 34.2 Å². The van der Waals surface area contributed by atoms with Gasteiger partial charge in [0.25, 0.3) is 11.9 Å². The van der Waals surface area contributed by atoms with E-state index in [4.69, 9.17) is 14.4 Å². The second-order valence-corrected chi connectivity index (χ2v) is 8.82. The van der Waals surface area contributed by atoms with Gasteiger partial charge in [0.15, 0.2) is 0 Å². The number of ether oxygens (including phenoxy) is 1. The van der Waals surface area contributed by atoms with E-state index in [0.717, 1.165) is 56.0 Å². The van der Waals surface area contributed by atoms with Crippen molar-refractivity contribution in [1.29, 1.82) is 0 Å². The zero-order chi connectivity index (χ0) is 22.9. The summed E-state index contributed by atoms with van der Waals surface area (Å²) in [5, 5.41) is 15.8. The molecule has 1 amide bonds. The van der Waals surface area contributed by atoms with E-state index in [1.165, 1.54) is 0 Å². The molecule has 1 aliphatic heterocycles. The number of aliphatic hydroxyl groups excluding tert-OH is 1. The number of nitrogens with one attached hydrogen (secondary N) is 1. The molecule has 1 aromatic carbocycles. The van der Waals surface area contributed by atoms with Crippen molar-refractivity contribution in [2.24, 2.45) is 5.92 Å². The Kier molecular flexibility index (Phi) is 8.90. The van der Waals surface area contributed by atoms with Gasteiger partial charge in [-0.1, -0.05) is 13.8 Å². The molecule has 0 unspecified atom stereocenters. The van der Waals surface area contributed by atoms with Gasteiger partial charge >= 0.3 is 0 Å². The highest BCUT2D eigenvalue weighted by Gasteiger charge is 2.23. The predicted octanol–water partition coefficient (Wildman–Crippen LogP) is 3.69. The first kappa shape index (κ1) is 24.0. The average molecular weight is 445 g/mol. The summed E-state index contributed by atoms with van der Waals surface area (Å²) in [5.74, 6) is 3.04. The van der Waals surface area contributed by atoms with Crippen LogP contribution in [0, 0.1) is 12.8 Å². The molecule has 3 rings (SSSR count). The summed E-state index contributed by atoms with van der Waals surface area (Å²) < 4.78 is 11.2. The minimum absolute atomic E-state index is 0.0725. The zero-order valence-corrected chi connectivity index (χ0v) is 19.5. The van der Waals surface area contributed by atoms with Gasteiger partial charge in [-0.3, -0.25) is 4.79 Å². The molecule has 32 heavy (non-hydrogen) atoms. The normalized spacial score (nSPS) is 14.7. The largest absolute Gasteiger partial charge is 0.494 e. The van der Waals surface area contributed by atoms with Gasteiger partial charge in [0.1, 0.15) is 5.75 Å². The van der Waals surface area contributed by atoms with Crippen LogP contribution in [0.15, 0.2) is 22.7 Å². The number of hydrogen-bond acceptors (Lipinski definition) is 7. The number of amides is 1. The van der Waals surface area contributed by atoms with Gasteiger partial charge in [-0.25, -0.2) is 0 Å². The van der Waals surface area contributed by atoms with Crippen LogP contribution in [0.1, 0.15) is 73.7 Å². The number of carbonyl (C=O) groups excluding carboxylic acids is 1. The minimum atomic E-state index is -0.116. The van der Waals surface area contributed by atoms with Crippen molar-refractivity contribution >= 4 is 11.9 Å². The Hall–Kier alpha value is -2.61. The van der Waals surface area contributed by atoms with Gasteiger partial charge in [-0.15, -0.1) is 0 Å². The number of nitrogens with zero attached hydrogens (tertiary/aromatic N) is 3. The zero-order valence-electron chi connectivity index (χ0n) is 19.5. The summed E-state index contributed by atoms with van der Waals surface area (Å²) in [6, 6.07) is 5.57. The SMILES string of the molecule is Cc1cc(OCCCC2CCN(c3noc(C(C)C)n3)CC2)ccc1C(=O)NCCCO. The standard InChI is InChI=1S/C24H36N4O4/c1-17(2)23-26-24(27-32-23)28-12-9-19(10-13-28)6-4-15-31-20-7-8-21(18(3)16-20)22(30)25-11-5-14-29/h7-8,16-17,19,29H,4-6,9-15H2,1-3H3,(H,25,30). The summed E-state index contributed by atoms with van der Waals surface area (Å²) in [5.41, 5.74) is 1.53. The average Bonchev–Trinajstić information content (AvgIpc) is 3.28. The summed E-state index contributed by atoms with van der Waals surface area (Å²) in [7, 11) is 0. The fraction of sp³-hybridized carbons (Fsp3) is 0.625. The van der Waals surface area contributed by atoms with E-state index in [1.54, 1.807) is 6.07 Å². The van der Waals surface area contributed by atoms with E-state index in [0.29, 0.717) is 36.9 Å². The number of aliphatic hydroxyl groups is 1. The van der Waals surface area contributed by atoms with E-state index in [1.807, 2.05) is 19.1 Å². The molecule has 0 radical (unpaired) electrons. The quantitative estimate of drug-likeness (QED) is 0.510. The maximum absolute atomic E-state index is 12.2. The molecule has 0 saturated carbocycles. The molecule has 0 atom stereocenters. The molecule has 2 N–H and O–H groups in total. The lowest BCUT2D eigenvalue weighted by Crippen LogP contribution is -2.34. The molecule has 1 aromatic heterocycles. The number of rotatable bonds is 11. The Morgan fingerprint density at radius 2 is 2.09 bits per heavy atom. The molecule has 1 aliphatic rings. The third kappa shape index (κ3) is 6.69. The summed E-state index contributed by atoms with van der Waals surface area (Å²) in [6.07, 6.45) is 4.96. The van der Waals surface area contributed by atoms with Crippen LogP contribution >= 0.6 is 0 Å². The van der Waals surface area contributed by atoms with Crippen LogP contribution in [-0.2, 0) is 0 Å². The molecular weight excluding hydrogens is 408 g/mol. The minimum Gasteiger partial charge on any atom is -0.494 e. The van der Waals surface area contributed by atoms with Crippen LogP contribution in [0.5, 0.6) is 5.75 Å². The van der Waals surface area contributed by atoms with Crippen molar-refractivity contribution in [2.75, 3.05) is 37.7 Å². The van der Waals surface area contributed by atoms with Crippen molar-refractivity contribution in [3.05, 3.63) is 35.2 Å². The van der Waals surface area contributed by atoms with Gasteiger partial charge in [0.2, 0.25) is 5.89 Å². The molecule has 0 aliphatic carbocycles. The fourth-order valence-corrected chi connectivity index (χ4v) is 3.93. The highest BCUT2D eigenvalue weighted by Crippen LogP contribution is 2.26. The van der Waals surface area contributed by atoms with Crippen molar-refractivity contribution < 1.29 is 19.2 Å². The lowest BCUT2D eigenvalue weighted by Gasteiger charge is -2.30. The Balaban J connectivity index is 1.36. The van der Waals surface area contributed by atoms with Gasteiger partial charge in [-0.2, -0.15) is 4.98 Å². The maximum atomic E-state index is 12.2. The molecule has 0 bridgehead atoms. The van der Waals surface area contributed by atoms with Crippen LogP contribution in [0.3, 0.4) is 0 Å². The van der Waals surface area contributed by atoms with Gasteiger partial charge in [0, 0.05) is 37.7 Å². The van der Waals surface area contributed by atoms with Gasteiger partial charge in [0.05, 0.1) is 6.61 Å². The van der Waals surface area contributed by atoms with E-state index >= 15 is 0 Å². The lowest BCUT2D eigenvalue weighted by atomic mass is 9.92. The first-order valence-electron chi connectivity index (χ1n) is 11.7. The number of hydrogen-bond donors (Lipinski definition) is 2. The highest BCUT2D eigenvalue weighted by atomic mass is 16.5. The Morgan fingerprint density at radius 3 is 2.75 bits per heavy atom. The summed E-state index contributed by atoms with van der Waals surface area (Å²) in [6.45, 7) is 9.16. The van der Waals surface area contributed by atoms with E-state index in [9.17, 15) is 4.79 Å².